The summed E-state index contributed by atoms with van der Waals surface area (Å²) in [5, 5.41) is 10.5. The number of benzene rings is 1. The summed E-state index contributed by atoms with van der Waals surface area (Å²) in [5.74, 6) is 0.869. The van der Waals surface area contributed by atoms with E-state index in [-0.39, 0.29) is 12.5 Å². The number of ether oxygens (including phenoxy) is 1. The smallest absolute Gasteiger partial charge is 0.119 e. The van der Waals surface area contributed by atoms with Gasteiger partial charge in [0.2, 0.25) is 0 Å². The third-order valence-corrected chi connectivity index (χ3v) is 3.17. The predicted molar refractivity (Wildman–Crippen MR) is 65.5 cm³/mol. The normalized spacial score (nSPS) is 14.9. The highest BCUT2D eigenvalue weighted by atomic mass is 16.5. The van der Waals surface area contributed by atoms with Gasteiger partial charge in [-0.25, -0.2) is 0 Å². The molecule has 0 aliphatic rings. The van der Waals surface area contributed by atoms with Crippen LogP contribution in [0.25, 0.3) is 0 Å². The minimum absolute atomic E-state index is 0.0737. The Kier molecular flexibility index (Phi) is 3.94. The molecule has 0 amide bonds. The van der Waals surface area contributed by atoms with Gasteiger partial charge in [-0.3, -0.25) is 0 Å². The molecule has 16 heavy (non-hydrogen) atoms. The SMILES string of the molecule is COc1ccc(C(O)(CN)C(C)C)c(C)c1. The highest BCUT2D eigenvalue weighted by molar-refractivity contribution is 5.38. The van der Waals surface area contributed by atoms with Crippen LogP contribution in [0.2, 0.25) is 0 Å². The van der Waals surface area contributed by atoms with Gasteiger partial charge in [-0.15, -0.1) is 0 Å². The maximum Gasteiger partial charge on any atom is 0.119 e. The van der Waals surface area contributed by atoms with E-state index in [9.17, 15) is 5.11 Å². The zero-order valence-electron chi connectivity index (χ0n) is 10.4. The fourth-order valence-electron chi connectivity index (χ4n) is 1.91. The Labute approximate surface area is 97.2 Å². The van der Waals surface area contributed by atoms with Crippen molar-refractivity contribution in [2.75, 3.05) is 13.7 Å². The van der Waals surface area contributed by atoms with Crippen molar-refractivity contribution in [2.45, 2.75) is 26.4 Å². The zero-order chi connectivity index (χ0) is 12.3. The summed E-state index contributed by atoms with van der Waals surface area (Å²) < 4.78 is 5.14. The Morgan fingerprint density at radius 2 is 2.06 bits per heavy atom. The van der Waals surface area contributed by atoms with Gasteiger partial charge in [0.1, 0.15) is 11.4 Å². The Balaban J connectivity index is 3.21. The maximum atomic E-state index is 10.5. The van der Waals surface area contributed by atoms with Gasteiger partial charge in [0.15, 0.2) is 0 Å². The molecule has 1 aromatic rings. The van der Waals surface area contributed by atoms with Gasteiger partial charge >= 0.3 is 0 Å². The van der Waals surface area contributed by atoms with Crippen molar-refractivity contribution < 1.29 is 9.84 Å². The van der Waals surface area contributed by atoms with Gasteiger partial charge in [0.05, 0.1) is 7.11 Å². The average molecular weight is 223 g/mol. The van der Waals surface area contributed by atoms with Crippen LogP contribution in [0.15, 0.2) is 18.2 Å². The summed E-state index contributed by atoms with van der Waals surface area (Å²) in [7, 11) is 1.63. The van der Waals surface area contributed by atoms with E-state index in [4.69, 9.17) is 10.5 Å². The van der Waals surface area contributed by atoms with Gasteiger partial charge in [-0.05, 0) is 36.1 Å². The first-order chi connectivity index (χ1) is 7.45. The van der Waals surface area contributed by atoms with Crippen LogP contribution >= 0.6 is 0 Å². The second kappa shape index (κ2) is 4.85. The molecular weight excluding hydrogens is 202 g/mol. The standard InChI is InChI=1S/C13H21NO2/c1-9(2)13(15,8-14)12-6-5-11(16-4)7-10(12)3/h5-7,9,15H,8,14H2,1-4H3. The minimum atomic E-state index is -0.962. The van der Waals surface area contributed by atoms with Gasteiger partial charge in [0, 0.05) is 6.54 Å². The van der Waals surface area contributed by atoms with Crippen LogP contribution in [-0.2, 0) is 5.60 Å². The Morgan fingerprint density at radius 1 is 1.44 bits per heavy atom. The lowest BCUT2D eigenvalue weighted by atomic mass is 9.81. The quantitative estimate of drug-likeness (QED) is 0.818. The summed E-state index contributed by atoms with van der Waals surface area (Å²) in [6, 6.07) is 5.66. The van der Waals surface area contributed by atoms with Gasteiger partial charge < -0.3 is 15.6 Å². The summed E-state index contributed by atoms with van der Waals surface area (Å²) >= 11 is 0. The molecule has 0 fully saturated rings. The minimum Gasteiger partial charge on any atom is -0.497 e. The van der Waals surface area contributed by atoms with Crippen molar-refractivity contribution >= 4 is 0 Å². The number of hydrogen-bond acceptors (Lipinski definition) is 3. The molecule has 3 nitrogen and oxygen atoms in total. The average Bonchev–Trinajstić information content (AvgIpc) is 2.27. The highest BCUT2D eigenvalue weighted by Gasteiger charge is 2.32. The fourth-order valence-corrected chi connectivity index (χ4v) is 1.91. The number of aryl methyl sites for hydroxylation is 1. The molecule has 0 radical (unpaired) electrons. The van der Waals surface area contributed by atoms with E-state index in [1.165, 1.54) is 0 Å². The first-order valence-electron chi connectivity index (χ1n) is 5.53. The van der Waals surface area contributed by atoms with E-state index in [0.717, 1.165) is 16.9 Å². The van der Waals surface area contributed by atoms with Gasteiger partial charge in [-0.2, -0.15) is 0 Å². The maximum absolute atomic E-state index is 10.5. The molecule has 90 valence electrons. The summed E-state index contributed by atoms with van der Waals surface area (Å²) in [4.78, 5) is 0. The highest BCUT2D eigenvalue weighted by Crippen LogP contribution is 2.32. The molecule has 0 heterocycles. The third kappa shape index (κ3) is 2.20. The lowest BCUT2D eigenvalue weighted by Crippen LogP contribution is -2.40. The fraction of sp³-hybridized carbons (Fsp3) is 0.538. The molecule has 3 heteroatoms. The van der Waals surface area contributed by atoms with E-state index in [0.29, 0.717) is 0 Å². The van der Waals surface area contributed by atoms with Crippen molar-refractivity contribution in [3.63, 3.8) is 0 Å². The van der Waals surface area contributed by atoms with E-state index >= 15 is 0 Å². The van der Waals surface area contributed by atoms with Crippen LogP contribution < -0.4 is 10.5 Å². The molecule has 1 rings (SSSR count). The molecule has 0 aromatic heterocycles. The van der Waals surface area contributed by atoms with Gasteiger partial charge in [0.25, 0.3) is 0 Å². The van der Waals surface area contributed by atoms with Crippen molar-refractivity contribution in [3.05, 3.63) is 29.3 Å². The monoisotopic (exact) mass is 223 g/mol. The Hall–Kier alpha value is -1.06. The number of nitrogens with two attached hydrogens (primary N) is 1. The molecule has 0 spiro atoms. The van der Waals surface area contributed by atoms with E-state index < -0.39 is 5.60 Å². The van der Waals surface area contributed by atoms with Crippen LogP contribution in [0.4, 0.5) is 0 Å². The number of methoxy groups -OCH3 is 1. The third-order valence-electron chi connectivity index (χ3n) is 3.17. The van der Waals surface area contributed by atoms with Crippen molar-refractivity contribution in [1.82, 2.24) is 0 Å². The van der Waals surface area contributed by atoms with E-state index in [2.05, 4.69) is 0 Å². The largest absolute Gasteiger partial charge is 0.497 e. The molecule has 1 atom stereocenters. The first kappa shape index (κ1) is 13.0. The van der Waals surface area contributed by atoms with E-state index in [1.54, 1.807) is 7.11 Å². The summed E-state index contributed by atoms with van der Waals surface area (Å²) in [6.07, 6.45) is 0. The molecule has 0 aliphatic heterocycles. The van der Waals surface area contributed by atoms with Gasteiger partial charge in [-0.1, -0.05) is 19.9 Å². The van der Waals surface area contributed by atoms with Crippen LogP contribution in [0, 0.1) is 12.8 Å². The lowest BCUT2D eigenvalue weighted by Gasteiger charge is -2.32. The second-order valence-electron chi connectivity index (χ2n) is 4.46. The molecule has 0 bridgehead atoms. The summed E-state index contributed by atoms with van der Waals surface area (Å²) in [6.45, 7) is 6.12. The van der Waals surface area contributed by atoms with Crippen molar-refractivity contribution in [1.29, 1.82) is 0 Å². The van der Waals surface area contributed by atoms with Crippen LogP contribution in [-0.4, -0.2) is 18.8 Å². The first-order valence-corrected chi connectivity index (χ1v) is 5.53. The topological polar surface area (TPSA) is 55.5 Å². The second-order valence-corrected chi connectivity index (χ2v) is 4.46. The molecule has 1 aromatic carbocycles. The molecule has 0 saturated carbocycles. The van der Waals surface area contributed by atoms with Crippen LogP contribution in [0.1, 0.15) is 25.0 Å². The molecule has 1 unspecified atom stereocenters. The lowest BCUT2D eigenvalue weighted by molar-refractivity contribution is -0.00173. The van der Waals surface area contributed by atoms with Crippen LogP contribution in [0.3, 0.4) is 0 Å². The van der Waals surface area contributed by atoms with E-state index in [1.807, 2.05) is 39.0 Å². The Bertz CT molecular complexity index is 363. The molecule has 3 N–H and O–H groups in total. The van der Waals surface area contributed by atoms with Crippen molar-refractivity contribution in [3.8, 4) is 5.75 Å². The Morgan fingerprint density at radius 3 is 2.44 bits per heavy atom. The zero-order valence-corrected chi connectivity index (χ0v) is 10.4. The van der Waals surface area contributed by atoms with Crippen LogP contribution in [0.5, 0.6) is 5.75 Å². The molecule has 0 aliphatic carbocycles. The van der Waals surface area contributed by atoms with Crippen molar-refractivity contribution in [2.24, 2.45) is 11.7 Å². The predicted octanol–water partition coefficient (Wildman–Crippen LogP) is 1.81. The molecule has 0 saturated heterocycles. The number of rotatable bonds is 4. The number of aliphatic hydroxyl groups is 1. The summed E-state index contributed by atoms with van der Waals surface area (Å²) in [5.41, 5.74) is 6.62. The molecular formula is C13H21NO2. The number of hydrogen-bond donors (Lipinski definition) is 2.